The summed E-state index contributed by atoms with van der Waals surface area (Å²) >= 11 is 7.71. The molecule has 1 aliphatic heterocycles. The van der Waals surface area contributed by atoms with Crippen molar-refractivity contribution in [3.8, 4) is 0 Å². The highest BCUT2D eigenvalue weighted by molar-refractivity contribution is 7.99. The Morgan fingerprint density at radius 3 is 2.81 bits per heavy atom. The van der Waals surface area contributed by atoms with Gasteiger partial charge in [0.15, 0.2) is 0 Å². The highest BCUT2D eigenvalue weighted by atomic mass is 35.5. The number of hydrogen-bond acceptors (Lipinski definition) is 3. The number of ether oxygens (including phenoxy) is 1. The molecule has 0 unspecified atom stereocenters. The number of benzene rings is 2. The molecule has 5 heteroatoms. The minimum absolute atomic E-state index is 0.490. The number of nitrogens with one attached hydrogen (secondary N) is 1. The van der Waals surface area contributed by atoms with E-state index in [1.165, 1.54) is 7.05 Å². The molecule has 1 amide bonds. The quantitative estimate of drug-likeness (QED) is 0.831. The number of fused-ring (bicyclic) bond motifs is 2. The van der Waals surface area contributed by atoms with Gasteiger partial charge in [-0.25, -0.2) is 4.79 Å². The second-order valence-electron chi connectivity index (χ2n) is 4.43. The van der Waals surface area contributed by atoms with Crippen LogP contribution in [-0.2, 0) is 4.74 Å². The van der Waals surface area contributed by atoms with Crippen LogP contribution in [0.1, 0.15) is 11.1 Å². The molecule has 0 saturated heterocycles. The normalized spacial score (nSPS) is 12.6. The van der Waals surface area contributed by atoms with Crippen LogP contribution in [0.4, 0.5) is 4.79 Å². The molecule has 0 spiro atoms. The van der Waals surface area contributed by atoms with Gasteiger partial charge in [-0.2, -0.15) is 0 Å². The zero-order valence-electron chi connectivity index (χ0n) is 11.2. The van der Waals surface area contributed by atoms with E-state index < -0.39 is 6.09 Å². The molecule has 21 heavy (non-hydrogen) atoms. The Morgan fingerprint density at radius 1 is 1.19 bits per heavy atom. The largest absolute Gasteiger partial charge is 0.412 e. The maximum absolute atomic E-state index is 11.6. The first-order valence-electron chi connectivity index (χ1n) is 6.35. The van der Waals surface area contributed by atoms with Gasteiger partial charge >= 0.3 is 6.09 Å². The van der Waals surface area contributed by atoms with Crippen LogP contribution in [0.15, 0.2) is 52.3 Å². The van der Waals surface area contributed by atoms with Crippen molar-refractivity contribution < 1.29 is 9.53 Å². The molecule has 1 N–H and O–H groups in total. The number of amides is 1. The minimum Gasteiger partial charge on any atom is -0.410 e. The Morgan fingerprint density at radius 2 is 2.00 bits per heavy atom. The smallest absolute Gasteiger partial charge is 0.410 e. The second kappa shape index (κ2) is 5.84. The Hall–Kier alpha value is -1.91. The van der Waals surface area contributed by atoms with Gasteiger partial charge in [0.1, 0.15) is 5.76 Å². The van der Waals surface area contributed by atoms with Crippen molar-refractivity contribution >= 4 is 41.3 Å². The van der Waals surface area contributed by atoms with Gasteiger partial charge in [0, 0.05) is 27.4 Å². The number of carbonyl (C=O) groups excluding carboxylic acids is 1. The van der Waals surface area contributed by atoms with Crippen LogP contribution >= 0.6 is 23.4 Å². The van der Waals surface area contributed by atoms with Crippen LogP contribution in [0, 0.1) is 0 Å². The summed E-state index contributed by atoms with van der Waals surface area (Å²) in [5.41, 5.74) is 1.82. The molecule has 1 heterocycles. The van der Waals surface area contributed by atoms with E-state index in [9.17, 15) is 4.79 Å². The number of alkyl carbamates (subject to hydrolysis) is 1. The molecule has 0 radical (unpaired) electrons. The molecule has 0 atom stereocenters. The fourth-order valence-corrected chi connectivity index (χ4v) is 3.26. The topological polar surface area (TPSA) is 38.3 Å². The maximum Gasteiger partial charge on any atom is 0.412 e. The second-order valence-corrected chi connectivity index (χ2v) is 5.95. The molecule has 3 nitrogen and oxygen atoms in total. The lowest BCUT2D eigenvalue weighted by molar-refractivity contribution is 0.194. The third-order valence-corrected chi connectivity index (χ3v) is 4.44. The molecule has 0 aliphatic carbocycles. The number of hydrogen-bond donors (Lipinski definition) is 1. The Kier molecular flexibility index (Phi) is 3.90. The van der Waals surface area contributed by atoms with Gasteiger partial charge in [0.2, 0.25) is 0 Å². The SMILES string of the molecule is CNC(=O)OC1=Cc2ccccc2Sc2ccc(Cl)cc21. The summed E-state index contributed by atoms with van der Waals surface area (Å²) in [4.78, 5) is 13.7. The summed E-state index contributed by atoms with van der Waals surface area (Å²) in [6.07, 6.45) is 1.36. The molecule has 2 aromatic rings. The lowest BCUT2D eigenvalue weighted by Crippen LogP contribution is -2.18. The molecule has 0 aromatic heterocycles. The third-order valence-electron chi connectivity index (χ3n) is 3.04. The number of rotatable bonds is 1. The Labute approximate surface area is 132 Å². The van der Waals surface area contributed by atoms with Crippen LogP contribution in [0.25, 0.3) is 11.8 Å². The molecule has 2 aromatic carbocycles. The molecule has 3 rings (SSSR count). The fraction of sp³-hybridized carbons (Fsp3) is 0.0625. The zero-order valence-corrected chi connectivity index (χ0v) is 12.8. The van der Waals surface area contributed by atoms with Gasteiger partial charge in [-0.1, -0.05) is 41.6 Å². The van der Waals surface area contributed by atoms with Gasteiger partial charge < -0.3 is 10.1 Å². The van der Waals surface area contributed by atoms with E-state index >= 15 is 0 Å². The lowest BCUT2D eigenvalue weighted by atomic mass is 10.1. The molecule has 0 bridgehead atoms. The number of halogens is 1. The van der Waals surface area contributed by atoms with E-state index in [-0.39, 0.29) is 0 Å². The average molecular weight is 318 g/mol. The fourth-order valence-electron chi connectivity index (χ4n) is 2.05. The highest BCUT2D eigenvalue weighted by Crippen LogP contribution is 2.41. The van der Waals surface area contributed by atoms with Crippen molar-refractivity contribution in [3.63, 3.8) is 0 Å². The molecule has 0 saturated carbocycles. The van der Waals surface area contributed by atoms with E-state index in [4.69, 9.17) is 16.3 Å². The van der Waals surface area contributed by atoms with Crippen molar-refractivity contribution in [1.29, 1.82) is 0 Å². The average Bonchev–Trinajstić information content (AvgIpc) is 2.64. The van der Waals surface area contributed by atoms with Crippen molar-refractivity contribution in [3.05, 3.63) is 58.6 Å². The van der Waals surface area contributed by atoms with Crippen LogP contribution in [0.5, 0.6) is 0 Å². The monoisotopic (exact) mass is 317 g/mol. The van der Waals surface area contributed by atoms with Crippen molar-refractivity contribution in [2.45, 2.75) is 9.79 Å². The Bertz CT molecular complexity index is 743. The van der Waals surface area contributed by atoms with Gasteiger partial charge in [0.05, 0.1) is 0 Å². The van der Waals surface area contributed by atoms with E-state index in [0.717, 1.165) is 20.9 Å². The molecular weight excluding hydrogens is 306 g/mol. The predicted octanol–water partition coefficient (Wildman–Crippen LogP) is 4.66. The van der Waals surface area contributed by atoms with E-state index in [1.54, 1.807) is 11.8 Å². The lowest BCUT2D eigenvalue weighted by Gasteiger charge is -2.10. The Balaban J connectivity index is 2.16. The molecular formula is C16H12ClNO2S. The number of carbonyl (C=O) groups is 1. The van der Waals surface area contributed by atoms with E-state index in [2.05, 4.69) is 5.32 Å². The summed E-state index contributed by atoms with van der Waals surface area (Å²) in [5.74, 6) is 0.490. The van der Waals surface area contributed by atoms with Gasteiger partial charge in [0.25, 0.3) is 0 Å². The van der Waals surface area contributed by atoms with Gasteiger partial charge in [-0.3, -0.25) is 0 Å². The van der Waals surface area contributed by atoms with E-state index in [0.29, 0.717) is 10.8 Å². The first-order chi connectivity index (χ1) is 10.2. The van der Waals surface area contributed by atoms with Crippen LogP contribution in [0.2, 0.25) is 5.02 Å². The predicted molar refractivity (Wildman–Crippen MR) is 85.4 cm³/mol. The van der Waals surface area contributed by atoms with Crippen molar-refractivity contribution in [2.24, 2.45) is 0 Å². The molecule has 0 fully saturated rings. The minimum atomic E-state index is -0.503. The summed E-state index contributed by atoms with van der Waals surface area (Å²) in [5, 5.41) is 3.06. The first-order valence-corrected chi connectivity index (χ1v) is 7.55. The van der Waals surface area contributed by atoms with Gasteiger partial charge in [-0.15, -0.1) is 0 Å². The summed E-state index contributed by atoms with van der Waals surface area (Å²) in [6, 6.07) is 13.5. The standard InChI is InChI=1S/C16H12ClNO2S/c1-18-16(19)20-13-8-10-4-2-3-5-14(10)21-15-7-6-11(17)9-12(13)15/h2-9H,1H3,(H,18,19). The van der Waals surface area contributed by atoms with Crippen LogP contribution in [0.3, 0.4) is 0 Å². The first kappa shape index (κ1) is 14.0. The van der Waals surface area contributed by atoms with Crippen molar-refractivity contribution in [1.82, 2.24) is 5.32 Å². The van der Waals surface area contributed by atoms with E-state index in [1.807, 2.05) is 48.5 Å². The summed E-state index contributed by atoms with van der Waals surface area (Å²) in [7, 11) is 1.53. The third kappa shape index (κ3) is 2.91. The van der Waals surface area contributed by atoms with Crippen LogP contribution in [-0.4, -0.2) is 13.1 Å². The van der Waals surface area contributed by atoms with Gasteiger partial charge in [-0.05, 0) is 35.9 Å². The summed E-state index contributed by atoms with van der Waals surface area (Å²) in [6.45, 7) is 0. The van der Waals surface area contributed by atoms with Crippen molar-refractivity contribution in [2.75, 3.05) is 7.05 Å². The molecule has 1 aliphatic rings. The zero-order chi connectivity index (χ0) is 14.8. The maximum atomic E-state index is 11.6. The summed E-state index contributed by atoms with van der Waals surface area (Å²) < 4.78 is 5.40. The molecule has 106 valence electrons. The van der Waals surface area contributed by atoms with Crippen LogP contribution < -0.4 is 5.32 Å². The highest BCUT2D eigenvalue weighted by Gasteiger charge is 2.19.